The number of pyridine rings is 1. The molecule has 0 aliphatic carbocycles. The minimum absolute atomic E-state index is 0.106. The zero-order valence-corrected chi connectivity index (χ0v) is 6.99. The van der Waals surface area contributed by atoms with E-state index in [1.807, 2.05) is 0 Å². The summed E-state index contributed by atoms with van der Waals surface area (Å²) in [7, 11) is 0. The molecule has 0 saturated carbocycles. The molecule has 1 heterocycles. The summed E-state index contributed by atoms with van der Waals surface area (Å²) < 4.78 is 0. The van der Waals surface area contributed by atoms with Gasteiger partial charge in [0.2, 0.25) is 6.54 Å². The molecular weight excluding hydrogens is 180 g/mol. The van der Waals surface area contributed by atoms with Gasteiger partial charge in [0.25, 0.3) is 0 Å². The molecule has 0 radical (unpaired) electrons. The van der Waals surface area contributed by atoms with E-state index in [0.29, 0.717) is 11.6 Å². The average molecular weight is 187 g/mol. The van der Waals surface area contributed by atoms with Crippen LogP contribution in [0, 0.1) is 10.1 Å². The van der Waals surface area contributed by atoms with Crippen molar-refractivity contribution < 1.29 is 4.92 Å². The van der Waals surface area contributed by atoms with Gasteiger partial charge in [0.1, 0.15) is 5.15 Å². The summed E-state index contributed by atoms with van der Waals surface area (Å²) in [6.07, 6.45) is 1.89. The van der Waals surface area contributed by atoms with E-state index < -0.39 is 0 Å². The third kappa shape index (κ3) is 2.47. The predicted molar refractivity (Wildman–Crippen MR) is 44.8 cm³/mol. The Morgan fingerprint density at radius 3 is 3.00 bits per heavy atom. The Hall–Kier alpha value is -1.16. The number of nitrogens with zero attached hydrogens (tertiary/aromatic N) is 2. The minimum atomic E-state index is -0.372. The lowest BCUT2D eigenvalue weighted by Gasteiger charge is -1.97. The second-order valence-electron chi connectivity index (χ2n) is 2.26. The fraction of sp³-hybridized carbons (Fsp3) is 0.286. The van der Waals surface area contributed by atoms with E-state index >= 15 is 0 Å². The molecule has 0 bridgehead atoms. The molecule has 0 aliphatic rings. The Morgan fingerprint density at radius 1 is 1.67 bits per heavy atom. The van der Waals surface area contributed by atoms with Gasteiger partial charge in [-0.3, -0.25) is 10.1 Å². The highest BCUT2D eigenvalue weighted by Gasteiger charge is 2.03. The molecule has 1 aromatic rings. The van der Waals surface area contributed by atoms with E-state index in [2.05, 4.69) is 4.98 Å². The Balaban J connectivity index is 2.63. The van der Waals surface area contributed by atoms with Crippen molar-refractivity contribution in [2.75, 3.05) is 6.54 Å². The van der Waals surface area contributed by atoms with E-state index in [1.54, 1.807) is 18.3 Å². The Labute approximate surface area is 74.3 Å². The predicted octanol–water partition coefficient (Wildman–Crippen LogP) is 1.55. The average Bonchev–Trinajstić information content (AvgIpc) is 2.03. The second-order valence-corrected chi connectivity index (χ2v) is 2.62. The fourth-order valence-electron chi connectivity index (χ4n) is 0.818. The topological polar surface area (TPSA) is 56.0 Å². The van der Waals surface area contributed by atoms with Crippen molar-refractivity contribution in [3.05, 3.63) is 39.2 Å². The lowest BCUT2D eigenvalue weighted by molar-refractivity contribution is -0.479. The van der Waals surface area contributed by atoms with Gasteiger partial charge in [-0.25, -0.2) is 4.98 Å². The first-order chi connectivity index (χ1) is 5.70. The van der Waals surface area contributed by atoms with Crippen molar-refractivity contribution in [1.29, 1.82) is 0 Å². The smallest absolute Gasteiger partial charge is 0.208 e. The summed E-state index contributed by atoms with van der Waals surface area (Å²) in [6.45, 7) is -0.106. The van der Waals surface area contributed by atoms with Gasteiger partial charge >= 0.3 is 0 Å². The highest BCUT2D eigenvalue weighted by molar-refractivity contribution is 6.30. The van der Waals surface area contributed by atoms with Crippen LogP contribution < -0.4 is 0 Å². The van der Waals surface area contributed by atoms with E-state index in [1.165, 1.54) is 0 Å². The number of rotatable bonds is 3. The monoisotopic (exact) mass is 186 g/mol. The number of halogens is 1. The Bertz CT molecular complexity index is 290. The number of hydrogen-bond acceptors (Lipinski definition) is 3. The van der Waals surface area contributed by atoms with E-state index in [4.69, 9.17) is 11.6 Å². The van der Waals surface area contributed by atoms with Crippen molar-refractivity contribution in [2.24, 2.45) is 0 Å². The summed E-state index contributed by atoms with van der Waals surface area (Å²) in [5.41, 5.74) is 0.718. The quantitative estimate of drug-likeness (QED) is 0.409. The highest BCUT2D eigenvalue weighted by atomic mass is 35.5. The van der Waals surface area contributed by atoms with Gasteiger partial charge in [0.05, 0.1) is 0 Å². The van der Waals surface area contributed by atoms with Crippen molar-refractivity contribution in [1.82, 2.24) is 4.98 Å². The molecule has 0 spiro atoms. The summed E-state index contributed by atoms with van der Waals surface area (Å²) in [4.78, 5) is 13.5. The van der Waals surface area contributed by atoms with Crippen LogP contribution in [0.3, 0.4) is 0 Å². The van der Waals surface area contributed by atoms with Crippen LogP contribution in [0.1, 0.15) is 5.56 Å². The first-order valence-electron chi connectivity index (χ1n) is 3.41. The highest BCUT2D eigenvalue weighted by Crippen LogP contribution is 2.11. The minimum Gasteiger partial charge on any atom is -0.265 e. The van der Waals surface area contributed by atoms with Crippen molar-refractivity contribution in [2.45, 2.75) is 6.42 Å². The van der Waals surface area contributed by atoms with Gasteiger partial charge in [0, 0.05) is 17.5 Å². The SMILES string of the molecule is O=[N+]([O-])CCc1cccnc1Cl. The van der Waals surface area contributed by atoms with Crippen LogP contribution >= 0.6 is 11.6 Å². The van der Waals surface area contributed by atoms with Gasteiger partial charge in [-0.2, -0.15) is 0 Å². The van der Waals surface area contributed by atoms with Gasteiger partial charge in [-0.15, -0.1) is 0 Å². The zero-order chi connectivity index (χ0) is 8.97. The molecule has 0 N–H and O–H groups in total. The normalized spacial score (nSPS) is 9.75. The molecule has 64 valence electrons. The molecule has 12 heavy (non-hydrogen) atoms. The van der Waals surface area contributed by atoms with Gasteiger partial charge in [-0.05, 0) is 11.6 Å². The van der Waals surface area contributed by atoms with Gasteiger partial charge in [-0.1, -0.05) is 17.7 Å². The fourth-order valence-corrected chi connectivity index (χ4v) is 1.03. The number of hydrogen-bond donors (Lipinski definition) is 0. The first kappa shape index (κ1) is 8.93. The largest absolute Gasteiger partial charge is 0.265 e. The Morgan fingerprint density at radius 2 is 2.42 bits per heavy atom. The third-order valence-electron chi connectivity index (χ3n) is 1.40. The van der Waals surface area contributed by atoms with Crippen LogP contribution in [0.2, 0.25) is 5.15 Å². The summed E-state index contributed by atoms with van der Waals surface area (Å²) in [5, 5.41) is 10.4. The molecule has 0 aliphatic heterocycles. The number of nitro groups is 1. The summed E-state index contributed by atoms with van der Waals surface area (Å²) >= 11 is 5.67. The third-order valence-corrected chi connectivity index (χ3v) is 1.74. The van der Waals surface area contributed by atoms with Crippen LogP contribution in [0.5, 0.6) is 0 Å². The number of aromatic nitrogens is 1. The summed E-state index contributed by atoms with van der Waals surface area (Å²) in [6, 6.07) is 3.44. The van der Waals surface area contributed by atoms with Gasteiger partial charge in [0.15, 0.2) is 0 Å². The molecule has 0 aromatic carbocycles. The second kappa shape index (κ2) is 4.01. The Kier molecular flexibility index (Phi) is 2.99. The molecule has 1 rings (SSSR count). The molecule has 4 nitrogen and oxygen atoms in total. The maximum Gasteiger partial charge on any atom is 0.208 e. The van der Waals surface area contributed by atoms with Crippen LogP contribution in [-0.2, 0) is 6.42 Å². The zero-order valence-electron chi connectivity index (χ0n) is 6.24. The van der Waals surface area contributed by atoms with Crippen molar-refractivity contribution in [3.8, 4) is 0 Å². The van der Waals surface area contributed by atoms with Crippen molar-refractivity contribution >= 4 is 11.6 Å². The molecule has 0 unspecified atom stereocenters. The molecule has 0 amide bonds. The molecule has 5 heteroatoms. The van der Waals surface area contributed by atoms with Gasteiger partial charge < -0.3 is 0 Å². The van der Waals surface area contributed by atoms with Crippen LogP contribution in [0.25, 0.3) is 0 Å². The summed E-state index contributed by atoms with van der Waals surface area (Å²) in [5.74, 6) is 0. The standard InChI is InChI=1S/C7H7ClN2O2/c8-7-6(2-1-4-9-7)3-5-10(11)12/h1-2,4H,3,5H2. The van der Waals surface area contributed by atoms with Crippen LogP contribution in [0.4, 0.5) is 0 Å². The lowest BCUT2D eigenvalue weighted by atomic mass is 10.2. The lowest BCUT2D eigenvalue weighted by Crippen LogP contribution is -2.04. The molecule has 0 saturated heterocycles. The molecule has 0 fully saturated rings. The van der Waals surface area contributed by atoms with Crippen LogP contribution in [-0.4, -0.2) is 16.5 Å². The molecule has 1 aromatic heterocycles. The maximum absolute atomic E-state index is 10.0. The van der Waals surface area contributed by atoms with E-state index in [0.717, 1.165) is 5.56 Å². The van der Waals surface area contributed by atoms with Crippen molar-refractivity contribution in [3.63, 3.8) is 0 Å². The first-order valence-corrected chi connectivity index (χ1v) is 3.79. The van der Waals surface area contributed by atoms with E-state index in [-0.39, 0.29) is 11.5 Å². The van der Waals surface area contributed by atoms with Crippen LogP contribution in [0.15, 0.2) is 18.3 Å². The maximum atomic E-state index is 10.0. The molecule has 0 atom stereocenters. The molecular formula is C7H7ClN2O2. The van der Waals surface area contributed by atoms with E-state index in [9.17, 15) is 10.1 Å².